The first-order valence-corrected chi connectivity index (χ1v) is 6.57. The second-order valence-corrected chi connectivity index (χ2v) is 4.95. The van der Waals surface area contributed by atoms with E-state index < -0.39 is 11.7 Å². The molecular weight excluding hydrogens is 285 g/mol. The van der Waals surface area contributed by atoms with Crippen LogP contribution in [0, 0.1) is 5.92 Å². The number of hydrogen-bond acceptors (Lipinski definition) is 2. The normalized spacial score (nSPS) is 19.0. The van der Waals surface area contributed by atoms with E-state index in [0.29, 0.717) is 24.9 Å². The van der Waals surface area contributed by atoms with Crippen molar-refractivity contribution < 1.29 is 22.8 Å². The van der Waals surface area contributed by atoms with Crippen molar-refractivity contribution in [2.75, 3.05) is 6.54 Å². The van der Waals surface area contributed by atoms with Crippen LogP contribution in [0.25, 0.3) is 0 Å². The van der Waals surface area contributed by atoms with Crippen molar-refractivity contribution in [2.45, 2.75) is 25.6 Å². The van der Waals surface area contributed by atoms with Crippen LogP contribution in [0.15, 0.2) is 24.3 Å². The summed E-state index contributed by atoms with van der Waals surface area (Å²) in [6.45, 7) is 0.471. The Hall–Kier alpha value is -2.05. The van der Waals surface area contributed by atoms with Gasteiger partial charge in [0.05, 0.1) is 11.5 Å². The molecule has 0 saturated carbocycles. The quantitative estimate of drug-likeness (QED) is 0.895. The van der Waals surface area contributed by atoms with Gasteiger partial charge in [0, 0.05) is 19.5 Å². The summed E-state index contributed by atoms with van der Waals surface area (Å²) in [7, 11) is 0. The van der Waals surface area contributed by atoms with E-state index in [-0.39, 0.29) is 24.3 Å². The minimum Gasteiger partial charge on any atom is -0.355 e. The molecule has 2 N–H and O–H groups in total. The van der Waals surface area contributed by atoms with Gasteiger partial charge in [-0.1, -0.05) is 12.1 Å². The zero-order valence-corrected chi connectivity index (χ0v) is 11.2. The van der Waals surface area contributed by atoms with Gasteiger partial charge in [-0.2, -0.15) is 13.2 Å². The first-order chi connectivity index (χ1) is 9.86. The number of piperidine rings is 1. The average Bonchev–Trinajstić information content (AvgIpc) is 2.45. The second kappa shape index (κ2) is 6.15. The summed E-state index contributed by atoms with van der Waals surface area (Å²) < 4.78 is 37.2. The van der Waals surface area contributed by atoms with Crippen LogP contribution >= 0.6 is 0 Å². The van der Waals surface area contributed by atoms with Crippen LogP contribution in [0.1, 0.15) is 24.0 Å². The van der Waals surface area contributed by atoms with E-state index in [1.165, 1.54) is 12.1 Å². The lowest BCUT2D eigenvalue weighted by molar-refractivity contribution is -0.137. The van der Waals surface area contributed by atoms with Crippen molar-refractivity contribution in [3.8, 4) is 0 Å². The summed E-state index contributed by atoms with van der Waals surface area (Å²) in [6.07, 6.45) is -3.55. The lowest BCUT2D eigenvalue weighted by Crippen LogP contribution is -2.42. The molecule has 114 valence electrons. The molecule has 1 aromatic rings. The molecule has 1 unspecified atom stereocenters. The van der Waals surface area contributed by atoms with Gasteiger partial charge in [-0.15, -0.1) is 0 Å². The molecule has 1 fully saturated rings. The van der Waals surface area contributed by atoms with Crippen molar-refractivity contribution in [1.29, 1.82) is 0 Å². The maximum absolute atomic E-state index is 12.4. The highest BCUT2D eigenvalue weighted by Crippen LogP contribution is 2.29. The lowest BCUT2D eigenvalue weighted by atomic mass is 9.98. The van der Waals surface area contributed by atoms with Crippen LogP contribution in [0.5, 0.6) is 0 Å². The molecule has 0 bridgehead atoms. The molecule has 21 heavy (non-hydrogen) atoms. The van der Waals surface area contributed by atoms with Crippen molar-refractivity contribution in [3.63, 3.8) is 0 Å². The molecule has 1 aliphatic rings. The highest BCUT2D eigenvalue weighted by molar-refractivity contribution is 5.83. The number of halogens is 3. The van der Waals surface area contributed by atoms with E-state index in [2.05, 4.69) is 10.6 Å². The Morgan fingerprint density at radius 3 is 2.48 bits per heavy atom. The van der Waals surface area contributed by atoms with Gasteiger partial charge >= 0.3 is 6.18 Å². The third-order valence-electron chi connectivity index (χ3n) is 3.38. The number of carbonyl (C=O) groups is 2. The summed E-state index contributed by atoms with van der Waals surface area (Å²) in [5.74, 6) is -0.547. The zero-order valence-electron chi connectivity index (χ0n) is 11.2. The molecule has 0 aliphatic carbocycles. The predicted molar refractivity (Wildman–Crippen MR) is 69.0 cm³/mol. The number of carbonyl (C=O) groups excluding carboxylic acids is 2. The fourth-order valence-corrected chi connectivity index (χ4v) is 2.10. The van der Waals surface area contributed by atoms with E-state index in [9.17, 15) is 22.8 Å². The van der Waals surface area contributed by atoms with Gasteiger partial charge in [-0.05, 0) is 24.1 Å². The Bertz CT molecular complexity index is 516. The monoisotopic (exact) mass is 300 g/mol. The Morgan fingerprint density at radius 1 is 1.29 bits per heavy atom. The lowest BCUT2D eigenvalue weighted by Gasteiger charge is -2.21. The number of amides is 2. The summed E-state index contributed by atoms with van der Waals surface area (Å²) >= 11 is 0. The van der Waals surface area contributed by atoms with Gasteiger partial charge < -0.3 is 10.6 Å². The topological polar surface area (TPSA) is 58.2 Å². The summed E-state index contributed by atoms with van der Waals surface area (Å²) in [5, 5.41) is 5.28. The molecule has 0 radical (unpaired) electrons. The largest absolute Gasteiger partial charge is 0.416 e. The first-order valence-electron chi connectivity index (χ1n) is 6.57. The van der Waals surface area contributed by atoms with Crippen molar-refractivity contribution in [3.05, 3.63) is 35.4 Å². The van der Waals surface area contributed by atoms with Gasteiger partial charge in [-0.25, -0.2) is 0 Å². The molecule has 0 spiro atoms. The van der Waals surface area contributed by atoms with Gasteiger partial charge in [0.15, 0.2) is 0 Å². The van der Waals surface area contributed by atoms with Crippen LogP contribution in [0.2, 0.25) is 0 Å². The second-order valence-electron chi connectivity index (χ2n) is 4.95. The first kappa shape index (κ1) is 15.3. The molecule has 4 nitrogen and oxygen atoms in total. The number of rotatable bonds is 3. The van der Waals surface area contributed by atoms with Crippen LogP contribution in [-0.2, 0) is 22.3 Å². The molecule has 1 aliphatic heterocycles. The maximum Gasteiger partial charge on any atom is 0.416 e. The molecule has 2 rings (SSSR count). The SMILES string of the molecule is O=C1CCC(C(=O)NCc2ccc(C(F)(F)F)cc2)CN1. The van der Waals surface area contributed by atoms with Gasteiger partial charge in [-0.3, -0.25) is 9.59 Å². The van der Waals surface area contributed by atoms with Crippen molar-refractivity contribution in [2.24, 2.45) is 5.92 Å². The number of benzene rings is 1. The van der Waals surface area contributed by atoms with Crippen molar-refractivity contribution in [1.82, 2.24) is 10.6 Å². The molecule has 1 atom stereocenters. The third-order valence-corrected chi connectivity index (χ3v) is 3.38. The summed E-state index contributed by atoms with van der Waals surface area (Å²) in [6, 6.07) is 4.65. The summed E-state index contributed by atoms with van der Waals surface area (Å²) in [5.41, 5.74) is -0.122. The minimum absolute atomic E-state index is 0.0678. The molecule has 7 heteroatoms. The fourth-order valence-electron chi connectivity index (χ4n) is 2.10. The molecular formula is C14H15F3N2O2. The Labute approximate surface area is 119 Å². The van der Waals surface area contributed by atoms with Crippen LogP contribution in [-0.4, -0.2) is 18.4 Å². The molecule has 1 saturated heterocycles. The highest BCUT2D eigenvalue weighted by Gasteiger charge is 2.30. The molecule has 0 aromatic heterocycles. The van der Waals surface area contributed by atoms with E-state index in [1.54, 1.807) is 0 Å². The Balaban J connectivity index is 1.85. The van der Waals surface area contributed by atoms with E-state index >= 15 is 0 Å². The van der Waals surface area contributed by atoms with Crippen LogP contribution in [0.3, 0.4) is 0 Å². The van der Waals surface area contributed by atoms with Crippen molar-refractivity contribution >= 4 is 11.8 Å². The van der Waals surface area contributed by atoms with Crippen LogP contribution in [0.4, 0.5) is 13.2 Å². The van der Waals surface area contributed by atoms with E-state index in [1.807, 2.05) is 0 Å². The minimum atomic E-state index is -4.36. The van der Waals surface area contributed by atoms with Gasteiger partial charge in [0.25, 0.3) is 0 Å². The molecule has 1 heterocycles. The zero-order chi connectivity index (χ0) is 15.5. The van der Waals surface area contributed by atoms with Gasteiger partial charge in [0.2, 0.25) is 11.8 Å². The summed E-state index contributed by atoms with van der Waals surface area (Å²) in [4.78, 5) is 22.9. The number of nitrogens with one attached hydrogen (secondary N) is 2. The molecule has 2 amide bonds. The standard InChI is InChI=1S/C14H15F3N2O2/c15-14(16,17)11-4-1-9(2-5-11)7-19-13(21)10-3-6-12(20)18-8-10/h1-2,4-5,10H,3,6-8H2,(H,18,20)(H,19,21). The predicted octanol–water partition coefficient (Wildman–Crippen LogP) is 1.85. The molecule has 1 aromatic carbocycles. The number of alkyl halides is 3. The highest BCUT2D eigenvalue weighted by atomic mass is 19.4. The van der Waals surface area contributed by atoms with Gasteiger partial charge in [0.1, 0.15) is 0 Å². The average molecular weight is 300 g/mol. The van der Waals surface area contributed by atoms with E-state index in [4.69, 9.17) is 0 Å². The smallest absolute Gasteiger partial charge is 0.355 e. The third kappa shape index (κ3) is 4.21. The Morgan fingerprint density at radius 2 is 1.95 bits per heavy atom. The fraction of sp³-hybridized carbons (Fsp3) is 0.429. The Kier molecular flexibility index (Phi) is 4.50. The van der Waals surface area contributed by atoms with Crippen LogP contribution < -0.4 is 10.6 Å². The number of hydrogen-bond donors (Lipinski definition) is 2. The maximum atomic E-state index is 12.4. The van der Waals surface area contributed by atoms with E-state index in [0.717, 1.165) is 12.1 Å².